The Morgan fingerprint density at radius 3 is 2.54 bits per heavy atom. The lowest BCUT2D eigenvalue weighted by Gasteiger charge is -2.26. The summed E-state index contributed by atoms with van der Waals surface area (Å²) in [6.07, 6.45) is 5.72. The minimum Gasteiger partial charge on any atom is -0.507 e. The summed E-state index contributed by atoms with van der Waals surface area (Å²) in [6, 6.07) is 9.40. The van der Waals surface area contributed by atoms with Crippen molar-refractivity contribution in [2.24, 2.45) is 0 Å². The fourth-order valence-electron chi connectivity index (χ4n) is 4.19. The highest BCUT2D eigenvalue weighted by atomic mass is 19.1. The molecule has 0 radical (unpaired) electrons. The summed E-state index contributed by atoms with van der Waals surface area (Å²) in [6.45, 7) is 3.15. The number of methoxy groups -OCH3 is 1. The molecule has 9 heteroatoms. The number of carbonyl (C=O) groups is 2. The highest BCUT2D eigenvalue weighted by molar-refractivity contribution is 6.46. The topological polar surface area (TPSA) is 93.9 Å². The number of benzene rings is 2. The molecule has 1 saturated heterocycles. The van der Waals surface area contributed by atoms with E-state index < -0.39 is 23.5 Å². The zero-order valence-corrected chi connectivity index (χ0v) is 19.5. The van der Waals surface area contributed by atoms with Crippen LogP contribution in [0.4, 0.5) is 4.39 Å². The predicted octanol–water partition coefficient (Wildman–Crippen LogP) is 3.94. The molecular formula is C26H26FN3O5. The van der Waals surface area contributed by atoms with Gasteiger partial charge in [0.25, 0.3) is 11.7 Å². The number of nitrogens with zero attached hydrogens (tertiary/aromatic N) is 3. The normalized spacial score (nSPS) is 17.1. The summed E-state index contributed by atoms with van der Waals surface area (Å²) in [7, 11) is 1.50. The van der Waals surface area contributed by atoms with Gasteiger partial charge < -0.3 is 24.0 Å². The first-order chi connectivity index (χ1) is 16.9. The van der Waals surface area contributed by atoms with E-state index in [2.05, 4.69) is 4.98 Å². The lowest BCUT2D eigenvalue weighted by atomic mass is 9.95. The van der Waals surface area contributed by atoms with Gasteiger partial charge in [-0.3, -0.25) is 9.59 Å². The van der Waals surface area contributed by atoms with Crippen LogP contribution in [-0.4, -0.2) is 51.5 Å². The Bertz CT molecular complexity index is 1240. The molecule has 1 unspecified atom stereocenters. The summed E-state index contributed by atoms with van der Waals surface area (Å²) in [5.41, 5.74) is 0.761. The van der Waals surface area contributed by atoms with Crippen LogP contribution in [0.2, 0.25) is 0 Å². The van der Waals surface area contributed by atoms with E-state index in [0.29, 0.717) is 36.6 Å². The zero-order chi connectivity index (χ0) is 24.9. The molecule has 182 valence electrons. The number of ether oxygens (including phenoxy) is 2. The van der Waals surface area contributed by atoms with Gasteiger partial charge >= 0.3 is 0 Å². The van der Waals surface area contributed by atoms with Crippen LogP contribution in [0.15, 0.2) is 66.8 Å². The Labute approximate surface area is 202 Å². The molecule has 0 saturated carbocycles. The molecule has 0 aliphatic carbocycles. The largest absolute Gasteiger partial charge is 0.507 e. The SMILES string of the molecule is CCOc1ccc(C2/C(=C(\O)c3ccc(F)cc3)C(=O)C(=O)N2CCCn2ccnc2)cc1OC. The molecule has 1 aliphatic heterocycles. The van der Waals surface area contributed by atoms with Gasteiger partial charge in [0.15, 0.2) is 11.5 Å². The van der Waals surface area contributed by atoms with Crippen molar-refractivity contribution in [3.05, 3.63) is 83.7 Å². The highest BCUT2D eigenvalue weighted by Gasteiger charge is 2.46. The van der Waals surface area contributed by atoms with Crippen molar-refractivity contribution in [1.82, 2.24) is 14.5 Å². The number of hydrogen-bond donors (Lipinski definition) is 1. The van der Waals surface area contributed by atoms with Gasteiger partial charge in [-0.25, -0.2) is 9.37 Å². The fourth-order valence-corrected chi connectivity index (χ4v) is 4.19. The van der Waals surface area contributed by atoms with Crippen LogP contribution in [0.25, 0.3) is 5.76 Å². The monoisotopic (exact) mass is 479 g/mol. The molecule has 1 aromatic heterocycles. The molecule has 3 aromatic rings. The van der Waals surface area contributed by atoms with Gasteiger partial charge in [-0.1, -0.05) is 6.07 Å². The van der Waals surface area contributed by atoms with E-state index in [1.165, 1.54) is 36.3 Å². The van der Waals surface area contributed by atoms with E-state index in [4.69, 9.17) is 9.47 Å². The van der Waals surface area contributed by atoms with Gasteiger partial charge in [-0.15, -0.1) is 0 Å². The number of Topliss-reactive ketones (excluding diaryl/α,β-unsaturated/α-hetero) is 1. The predicted molar refractivity (Wildman–Crippen MR) is 126 cm³/mol. The maximum Gasteiger partial charge on any atom is 0.295 e. The third kappa shape index (κ3) is 4.89. The zero-order valence-electron chi connectivity index (χ0n) is 19.5. The number of aliphatic hydroxyl groups excluding tert-OH is 1. The Hall–Kier alpha value is -4.14. The number of ketones is 1. The molecule has 35 heavy (non-hydrogen) atoms. The van der Waals surface area contributed by atoms with Crippen molar-refractivity contribution < 1.29 is 28.6 Å². The average Bonchev–Trinajstić information content (AvgIpc) is 3.47. The van der Waals surface area contributed by atoms with Crippen molar-refractivity contribution in [2.75, 3.05) is 20.3 Å². The Morgan fingerprint density at radius 1 is 1.11 bits per heavy atom. The van der Waals surface area contributed by atoms with Crippen molar-refractivity contribution in [3.63, 3.8) is 0 Å². The molecule has 1 N–H and O–H groups in total. The fraction of sp³-hybridized carbons (Fsp3) is 0.269. The lowest BCUT2D eigenvalue weighted by molar-refractivity contribution is -0.139. The Morgan fingerprint density at radius 2 is 1.89 bits per heavy atom. The minimum atomic E-state index is -0.854. The third-order valence-electron chi connectivity index (χ3n) is 5.84. The molecule has 1 fully saturated rings. The van der Waals surface area contributed by atoms with E-state index in [-0.39, 0.29) is 23.4 Å². The number of aliphatic hydroxyl groups is 1. The second-order valence-electron chi connectivity index (χ2n) is 8.00. The second kappa shape index (κ2) is 10.4. The first kappa shape index (κ1) is 24.0. The maximum absolute atomic E-state index is 13.5. The lowest BCUT2D eigenvalue weighted by Crippen LogP contribution is -2.31. The average molecular weight is 480 g/mol. The van der Waals surface area contributed by atoms with E-state index in [1.807, 2.05) is 17.7 Å². The van der Waals surface area contributed by atoms with Crippen LogP contribution in [0.3, 0.4) is 0 Å². The number of likely N-dealkylation sites (tertiary alicyclic amines) is 1. The molecule has 1 atom stereocenters. The summed E-state index contributed by atoms with van der Waals surface area (Å²) in [4.78, 5) is 31.7. The summed E-state index contributed by atoms with van der Waals surface area (Å²) in [5, 5.41) is 11.1. The minimum absolute atomic E-state index is 0.0598. The van der Waals surface area contributed by atoms with Gasteiger partial charge in [0.1, 0.15) is 11.6 Å². The highest BCUT2D eigenvalue weighted by Crippen LogP contribution is 2.42. The second-order valence-corrected chi connectivity index (χ2v) is 8.00. The smallest absolute Gasteiger partial charge is 0.295 e. The van der Waals surface area contributed by atoms with Crippen LogP contribution in [0, 0.1) is 5.82 Å². The van der Waals surface area contributed by atoms with Gasteiger partial charge in [0.2, 0.25) is 0 Å². The third-order valence-corrected chi connectivity index (χ3v) is 5.84. The van der Waals surface area contributed by atoms with E-state index in [1.54, 1.807) is 30.7 Å². The summed E-state index contributed by atoms with van der Waals surface area (Å²) in [5.74, 6) is -1.39. The van der Waals surface area contributed by atoms with E-state index >= 15 is 0 Å². The molecule has 8 nitrogen and oxygen atoms in total. The molecule has 2 aromatic carbocycles. The summed E-state index contributed by atoms with van der Waals surface area (Å²) >= 11 is 0. The van der Waals surface area contributed by atoms with Gasteiger partial charge in [0, 0.05) is 31.0 Å². The van der Waals surface area contributed by atoms with Crippen LogP contribution in [0.5, 0.6) is 11.5 Å². The van der Waals surface area contributed by atoms with Crippen molar-refractivity contribution in [3.8, 4) is 11.5 Å². The molecular weight excluding hydrogens is 453 g/mol. The molecule has 2 heterocycles. The number of aryl methyl sites for hydroxylation is 1. The maximum atomic E-state index is 13.5. The summed E-state index contributed by atoms with van der Waals surface area (Å²) < 4.78 is 26.4. The number of halogens is 1. The Balaban J connectivity index is 1.77. The van der Waals surface area contributed by atoms with Crippen LogP contribution >= 0.6 is 0 Å². The quantitative estimate of drug-likeness (QED) is 0.284. The Kier molecular flexibility index (Phi) is 7.14. The van der Waals surface area contributed by atoms with Crippen LogP contribution in [-0.2, 0) is 16.1 Å². The van der Waals surface area contributed by atoms with E-state index in [9.17, 15) is 19.1 Å². The van der Waals surface area contributed by atoms with Crippen LogP contribution in [0.1, 0.15) is 30.5 Å². The van der Waals surface area contributed by atoms with Gasteiger partial charge in [-0.2, -0.15) is 0 Å². The molecule has 4 rings (SSSR count). The number of amides is 1. The number of carbonyl (C=O) groups excluding carboxylic acids is 2. The van der Waals surface area contributed by atoms with Crippen molar-refractivity contribution in [2.45, 2.75) is 25.9 Å². The number of rotatable bonds is 9. The molecule has 1 aliphatic rings. The standard InChI is InChI=1S/C26H26FN3O5/c1-3-35-20-10-7-18(15-21(20)34-2)23-22(24(31)17-5-8-19(27)9-6-17)25(32)26(33)30(23)13-4-12-29-14-11-28-16-29/h5-11,14-16,23,31H,3-4,12-13H2,1-2H3/b24-22+. The van der Waals surface area contributed by atoms with E-state index in [0.717, 1.165) is 0 Å². The first-order valence-corrected chi connectivity index (χ1v) is 11.3. The molecule has 1 amide bonds. The van der Waals surface area contributed by atoms with Gasteiger partial charge in [0.05, 0.1) is 31.7 Å². The van der Waals surface area contributed by atoms with Crippen LogP contribution < -0.4 is 9.47 Å². The number of imidazole rings is 1. The van der Waals surface area contributed by atoms with Crippen molar-refractivity contribution in [1.29, 1.82) is 0 Å². The van der Waals surface area contributed by atoms with Crippen molar-refractivity contribution >= 4 is 17.4 Å². The van der Waals surface area contributed by atoms with Gasteiger partial charge in [-0.05, 0) is 55.3 Å². The molecule has 0 bridgehead atoms. The number of hydrogen-bond acceptors (Lipinski definition) is 6. The number of aromatic nitrogens is 2. The first-order valence-electron chi connectivity index (χ1n) is 11.3. The molecule has 0 spiro atoms.